The normalized spacial score (nSPS) is 13.4. The third-order valence-electron chi connectivity index (χ3n) is 3.43. The largest absolute Gasteiger partial charge is 0.318 e. The summed E-state index contributed by atoms with van der Waals surface area (Å²) in [7, 11) is 4.08. The molecule has 0 rings (SSSR count). The lowest BCUT2D eigenvalue weighted by molar-refractivity contribution is 0.410. The van der Waals surface area contributed by atoms with Gasteiger partial charge >= 0.3 is 0 Å². The minimum atomic E-state index is 0.650. The Hall–Kier alpha value is -0.0800. The molecule has 1 unspecified atom stereocenters. The van der Waals surface area contributed by atoms with Crippen LogP contribution >= 0.6 is 0 Å². The van der Waals surface area contributed by atoms with Crippen LogP contribution in [0.15, 0.2) is 0 Å². The zero-order valence-corrected chi connectivity index (χ0v) is 11.1. The van der Waals surface area contributed by atoms with E-state index in [9.17, 15) is 0 Å². The second kappa shape index (κ2) is 10.4. The molecule has 0 aromatic carbocycles. The van der Waals surface area contributed by atoms with Crippen LogP contribution in [-0.2, 0) is 0 Å². The highest BCUT2D eigenvalue weighted by molar-refractivity contribution is 4.66. The van der Waals surface area contributed by atoms with E-state index < -0.39 is 0 Å². The SMILES string of the molecule is CCC(CC)CCCCC(CNC)NC. The summed E-state index contributed by atoms with van der Waals surface area (Å²) in [6.45, 7) is 5.71. The van der Waals surface area contributed by atoms with E-state index in [-0.39, 0.29) is 0 Å². The van der Waals surface area contributed by atoms with Gasteiger partial charge < -0.3 is 10.6 Å². The average Bonchev–Trinajstić information content (AvgIpc) is 2.28. The van der Waals surface area contributed by atoms with E-state index >= 15 is 0 Å². The first-order valence-electron chi connectivity index (χ1n) is 6.60. The Morgan fingerprint density at radius 3 is 2.00 bits per heavy atom. The van der Waals surface area contributed by atoms with E-state index in [0.717, 1.165) is 12.5 Å². The zero-order valence-electron chi connectivity index (χ0n) is 11.1. The summed E-state index contributed by atoms with van der Waals surface area (Å²) < 4.78 is 0. The Labute approximate surface area is 96.2 Å². The molecule has 1 atom stereocenters. The molecule has 2 heteroatoms. The minimum Gasteiger partial charge on any atom is -0.318 e. The van der Waals surface area contributed by atoms with Gasteiger partial charge in [-0.1, -0.05) is 46.0 Å². The lowest BCUT2D eigenvalue weighted by Crippen LogP contribution is -2.34. The van der Waals surface area contributed by atoms with Crippen LogP contribution in [0.25, 0.3) is 0 Å². The Kier molecular flexibility index (Phi) is 10.4. The molecule has 2 N–H and O–H groups in total. The van der Waals surface area contributed by atoms with Crippen molar-refractivity contribution >= 4 is 0 Å². The third-order valence-corrected chi connectivity index (χ3v) is 3.43. The van der Waals surface area contributed by atoms with Crippen molar-refractivity contribution in [2.45, 2.75) is 58.4 Å². The molecule has 0 aromatic heterocycles. The van der Waals surface area contributed by atoms with E-state index in [2.05, 4.69) is 31.5 Å². The maximum Gasteiger partial charge on any atom is 0.0189 e. The van der Waals surface area contributed by atoms with Crippen LogP contribution in [0.4, 0.5) is 0 Å². The molecule has 0 radical (unpaired) electrons. The van der Waals surface area contributed by atoms with E-state index in [0.29, 0.717) is 6.04 Å². The van der Waals surface area contributed by atoms with Gasteiger partial charge in [0.05, 0.1) is 0 Å². The lowest BCUT2D eigenvalue weighted by atomic mass is 9.95. The summed E-state index contributed by atoms with van der Waals surface area (Å²) in [6.07, 6.45) is 8.18. The van der Waals surface area contributed by atoms with Gasteiger partial charge in [0.25, 0.3) is 0 Å². The van der Waals surface area contributed by atoms with Crippen molar-refractivity contribution in [2.24, 2.45) is 5.92 Å². The fraction of sp³-hybridized carbons (Fsp3) is 1.00. The molecule has 0 aliphatic heterocycles. The van der Waals surface area contributed by atoms with Crippen molar-refractivity contribution in [2.75, 3.05) is 20.6 Å². The summed E-state index contributed by atoms with van der Waals surface area (Å²) in [5.74, 6) is 0.960. The van der Waals surface area contributed by atoms with Crippen molar-refractivity contribution in [3.05, 3.63) is 0 Å². The van der Waals surface area contributed by atoms with Gasteiger partial charge in [0, 0.05) is 12.6 Å². The zero-order chi connectivity index (χ0) is 11.5. The lowest BCUT2D eigenvalue weighted by Gasteiger charge is -2.16. The molecule has 0 aromatic rings. The van der Waals surface area contributed by atoms with Crippen LogP contribution < -0.4 is 10.6 Å². The summed E-state index contributed by atoms with van der Waals surface area (Å²) in [4.78, 5) is 0. The minimum absolute atomic E-state index is 0.650. The molecular weight excluding hydrogens is 184 g/mol. The fourth-order valence-electron chi connectivity index (χ4n) is 2.12. The van der Waals surface area contributed by atoms with Gasteiger partial charge in [-0.05, 0) is 26.4 Å². The predicted molar refractivity (Wildman–Crippen MR) is 69.3 cm³/mol. The van der Waals surface area contributed by atoms with Crippen molar-refractivity contribution in [3.63, 3.8) is 0 Å². The maximum absolute atomic E-state index is 3.36. The fourth-order valence-corrected chi connectivity index (χ4v) is 2.12. The van der Waals surface area contributed by atoms with Crippen molar-refractivity contribution in [1.29, 1.82) is 0 Å². The Morgan fingerprint density at radius 1 is 0.933 bits per heavy atom. The second-order valence-corrected chi connectivity index (χ2v) is 4.51. The van der Waals surface area contributed by atoms with Crippen molar-refractivity contribution in [1.82, 2.24) is 10.6 Å². The molecule has 0 amide bonds. The second-order valence-electron chi connectivity index (χ2n) is 4.51. The highest BCUT2D eigenvalue weighted by Gasteiger charge is 2.06. The number of rotatable bonds is 10. The number of likely N-dealkylation sites (N-methyl/N-ethyl adjacent to an activating group) is 2. The molecule has 0 saturated heterocycles. The number of nitrogens with one attached hydrogen (secondary N) is 2. The molecule has 2 nitrogen and oxygen atoms in total. The van der Waals surface area contributed by atoms with Gasteiger partial charge in [-0.15, -0.1) is 0 Å². The molecule has 0 heterocycles. The average molecular weight is 214 g/mol. The number of hydrogen-bond acceptors (Lipinski definition) is 2. The Balaban J connectivity index is 3.42. The van der Waals surface area contributed by atoms with E-state index in [1.165, 1.54) is 38.5 Å². The van der Waals surface area contributed by atoms with Crippen LogP contribution in [0.2, 0.25) is 0 Å². The van der Waals surface area contributed by atoms with Gasteiger partial charge in [0.15, 0.2) is 0 Å². The molecule has 0 aliphatic rings. The van der Waals surface area contributed by atoms with Crippen LogP contribution in [-0.4, -0.2) is 26.7 Å². The first-order chi connectivity index (χ1) is 7.28. The van der Waals surface area contributed by atoms with Crippen LogP contribution in [0.5, 0.6) is 0 Å². The molecule has 0 saturated carbocycles. The van der Waals surface area contributed by atoms with Crippen LogP contribution in [0.3, 0.4) is 0 Å². The van der Waals surface area contributed by atoms with Crippen molar-refractivity contribution in [3.8, 4) is 0 Å². The highest BCUT2D eigenvalue weighted by Crippen LogP contribution is 2.16. The molecule has 92 valence electrons. The summed E-state index contributed by atoms with van der Waals surface area (Å²) in [6, 6.07) is 0.650. The number of unbranched alkanes of at least 4 members (excludes halogenated alkanes) is 1. The monoisotopic (exact) mass is 214 g/mol. The molecule has 0 spiro atoms. The predicted octanol–water partition coefficient (Wildman–Crippen LogP) is 2.79. The molecular formula is C13H30N2. The summed E-state index contributed by atoms with van der Waals surface area (Å²) in [5.41, 5.74) is 0. The first kappa shape index (κ1) is 14.9. The van der Waals surface area contributed by atoms with E-state index in [1.807, 2.05) is 7.05 Å². The smallest absolute Gasteiger partial charge is 0.0189 e. The maximum atomic E-state index is 3.36. The summed E-state index contributed by atoms with van der Waals surface area (Å²) in [5, 5.41) is 6.58. The van der Waals surface area contributed by atoms with Gasteiger partial charge in [-0.2, -0.15) is 0 Å². The number of hydrogen-bond donors (Lipinski definition) is 2. The molecule has 15 heavy (non-hydrogen) atoms. The first-order valence-corrected chi connectivity index (χ1v) is 6.60. The topological polar surface area (TPSA) is 24.1 Å². The molecule has 0 bridgehead atoms. The van der Waals surface area contributed by atoms with Gasteiger partial charge in [0.1, 0.15) is 0 Å². The standard InChI is InChI=1S/C13H30N2/c1-5-12(6-2)9-7-8-10-13(15-4)11-14-3/h12-15H,5-11H2,1-4H3. The highest BCUT2D eigenvalue weighted by atomic mass is 14.9. The van der Waals surface area contributed by atoms with E-state index in [1.54, 1.807) is 0 Å². The third kappa shape index (κ3) is 7.80. The van der Waals surface area contributed by atoms with Crippen LogP contribution in [0, 0.1) is 5.92 Å². The van der Waals surface area contributed by atoms with Gasteiger partial charge in [-0.25, -0.2) is 0 Å². The quantitative estimate of drug-likeness (QED) is 0.546. The Bertz CT molecular complexity index is 122. The van der Waals surface area contributed by atoms with E-state index in [4.69, 9.17) is 0 Å². The van der Waals surface area contributed by atoms with Crippen LogP contribution in [0.1, 0.15) is 52.4 Å². The molecule has 0 aliphatic carbocycles. The summed E-state index contributed by atoms with van der Waals surface area (Å²) >= 11 is 0. The van der Waals surface area contributed by atoms with Crippen molar-refractivity contribution < 1.29 is 0 Å². The Morgan fingerprint density at radius 2 is 1.53 bits per heavy atom. The van der Waals surface area contributed by atoms with Gasteiger partial charge in [-0.3, -0.25) is 0 Å². The van der Waals surface area contributed by atoms with Gasteiger partial charge in [0.2, 0.25) is 0 Å². The molecule has 0 fully saturated rings.